The zero-order chi connectivity index (χ0) is 21.2. The van der Waals surface area contributed by atoms with Crippen molar-refractivity contribution in [2.24, 2.45) is 5.92 Å². The van der Waals surface area contributed by atoms with E-state index < -0.39 is 15.4 Å². The van der Waals surface area contributed by atoms with Crippen LogP contribution >= 0.6 is 0 Å². The molecule has 0 unspecified atom stereocenters. The van der Waals surface area contributed by atoms with Crippen LogP contribution in [0.4, 0.5) is 5.69 Å². The molecule has 1 atom stereocenters. The maximum Gasteiger partial charge on any atom is 0.230 e. The average Bonchev–Trinajstić information content (AvgIpc) is 3.37. The van der Waals surface area contributed by atoms with Gasteiger partial charge in [0.15, 0.2) is 0 Å². The molecule has 0 saturated heterocycles. The lowest BCUT2D eigenvalue weighted by Gasteiger charge is -2.32. The van der Waals surface area contributed by atoms with Crippen molar-refractivity contribution in [3.63, 3.8) is 0 Å². The third kappa shape index (κ3) is 4.89. The quantitative estimate of drug-likeness (QED) is 0.672. The van der Waals surface area contributed by atoms with Crippen LogP contribution in [-0.2, 0) is 26.8 Å². The Labute approximate surface area is 179 Å². The second kappa shape index (κ2) is 8.46. The number of carbonyl (C=O) groups excluding carboxylic acids is 1. The molecule has 4 rings (SSSR count). The van der Waals surface area contributed by atoms with E-state index in [-0.39, 0.29) is 11.9 Å². The maximum atomic E-state index is 13.4. The highest BCUT2D eigenvalue weighted by Gasteiger charge is 2.52. The normalized spacial score (nSPS) is 19.8. The van der Waals surface area contributed by atoms with Crippen LogP contribution in [0.25, 0.3) is 0 Å². The number of nitrogens with zero attached hydrogens (tertiary/aromatic N) is 1. The van der Waals surface area contributed by atoms with Crippen molar-refractivity contribution < 1.29 is 13.2 Å². The fourth-order valence-corrected chi connectivity index (χ4v) is 5.30. The Morgan fingerprint density at radius 1 is 1.13 bits per heavy atom. The van der Waals surface area contributed by atoms with Gasteiger partial charge in [-0.15, -0.1) is 0 Å². The Morgan fingerprint density at radius 2 is 1.83 bits per heavy atom. The highest BCUT2D eigenvalue weighted by atomic mass is 32.2. The highest BCUT2D eigenvalue weighted by Crippen LogP contribution is 2.49. The smallest absolute Gasteiger partial charge is 0.230 e. The van der Waals surface area contributed by atoms with Crippen LogP contribution in [0, 0.1) is 5.92 Å². The van der Waals surface area contributed by atoms with E-state index >= 15 is 0 Å². The summed E-state index contributed by atoms with van der Waals surface area (Å²) >= 11 is 0. The third-order valence-corrected chi connectivity index (χ3v) is 7.12. The largest absolute Gasteiger partial charge is 0.352 e. The van der Waals surface area contributed by atoms with Gasteiger partial charge in [-0.25, -0.2) is 8.42 Å². The predicted molar refractivity (Wildman–Crippen MR) is 119 cm³/mol. The van der Waals surface area contributed by atoms with Gasteiger partial charge in [0.2, 0.25) is 15.9 Å². The second-order valence-electron chi connectivity index (χ2n) is 8.90. The Kier molecular flexibility index (Phi) is 5.91. The van der Waals surface area contributed by atoms with Crippen LogP contribution in [0.2, 0.25) is 0 Å². The van der Waals surface area contributed by atoms with Crippen LogP contribution < -0.4 is 10.0 Å². The van der Waals surface area contributed by atoms with E-state index in [0.717, 1.165) is 44.0 Å². The number of benzene rings is 1. The first-order valence-corrected chi connectivity index (χ1v) is 12.7. The molecule has 1 heterocycles. The summed E-state index contributed by atoms with van der Waals surface area (Å²) in [6, 6.07) is 11.4. The summed E-state index contributed by atoms with van der Waals surface area (Å²) in [6.45, 7) is 0.787. The van der Waals surface area contributed by atoms with Crippen molar-refractivity contribution in [2.45, 2.75) is 62.9 Å². The van der Waals surface area contributed by atoms with Gasteiger partial charge in [-0.2, -0.15) is 0 Å². The van der Waals surface area contributed by atoms with Gasteiger partial charge in [0, 0.05) is 30.7 Å². The fraction of sp³-hybridized carbons (Fsp3) is 0.522. The molecule has 0 spiro atoms. The molecule has 2 aromatic rings. The van der Waals surface area contributed by atoms with Gasteiger partial charge in [-0.05, 0) is 61.4 Å². The van der Waals surface area contributed by atoms with Crippen LogP contribution in [0.1, 0.15) is 50.5 Å². The molecule has 6 nitrogen and oxygen atoms in total. The number of aromatic nitrogens is 1. The third-order valence-electron chi connectivity index (χ3n) is 6.51. The number of nitrogens with one attached hydrogen (secondary N) is 2. The van der Waals surface area contributed by atoms with E-state index in [4.69, 9.17) is 0 Å². The topological polar surface area (TPSA) is 80.2 Å². The van der Waals surface area contributed by atoms with E-state index in [1.54, 1.807) is 12.1 Å². The van der Waals surface area contributed by atoms with Crippen LogP contribution in [0.3, 0.4) is 0 Å². The molecule has 0 aliphatic heterocycles. The van der Waals surface area contributed by atoms with Crippen molar-refractivity contribution in [3.8, 4) is 0 Å². The van der Waals surface area contributed by atoms with Crippen molar-refractivity contribution in [3.05, 3.63) is 54.4 Å². The van der Waals surface area contributed by atoms with Crippen LogP contribution in [0.15, 0.2) is 48.8 Å². The molecule has 1 amide bonds. The predicted octanol–water partition coefficient (Wildman–Crippen LogP) is 3.66. The molecule has 1 aromatic carbocycles. The van der Waals surface area contributed by atoms with Gasteiger partial charge in [-0.3, -0.25) is 9.52 Å². The van der Waals surface area contributed by atoms with Crippen molar-refractivity contribution in [1.82, 2.24) is 9.88 Å². The zero-order valence-corrected chi connectivity index (χ0v) is 18.3. The number of amides is 1. The molecule has 30 heavy (non-hydrogen) atoms. The summed E-state index contributed by atoms with van der Waals surface area (Å²) in [5.41, 5.74) is 0.848. The molecular formula is C23H31N3O3S. The number of sulfonamides is 1. The minimum Gasteiger partial charge on any atom is -0.352 e. The number of hydrogen-bond donors (Lipinski definition) is 2. The molecule has 1 aromatic heterocycles. The van der Waals surface area contributed by atoms with E-state index in [2.05, 4.69) is 27.0 Å². The van der Waals surface area contributed by atoms with Crippen molar-refractivity contribution in [2.75, 3.05) is 11.0 Å². The molecule has 2 aliphatic rings. The number of rotatable bonds is 8. The number of hydrogen-bond acceptors (Lipinski definition) is 3. The van der Waals surface area contributed by atoms with E-state index in [9.17, 15) is 13.2 Å². The highest BCUT2D eigenvalue weighted by molar-refractivity contribution is 7.92. The standard InChI is InChI=1S/C23H31N3O3S/c1-30(28,29)25-20-11-7-10-19(16-20)23(12-13-23)22(27)24-21(17-26-14-5-6-15-26)18-8-3-2-4-9-18/h5-7,10-11,14-16,18,21,25H,2-4,8-9,12-13,17H2,1H3,(H,24,27)/t21-/m1/s1. The van der Waals surface area contributed by atoms with E-state index in [0.29, 0.717) is 11.6 Å². The SMILES string of the molecule is CS(=O)(=O)Nc1cccc(C2(C(=O)N[C@H](Cn3cccc3)C3CCCCC3)CC2)c1. The molecule has 0 radical (unpaired) electrons. The van der Waals surface area contributed by atoms with Gasteiger partial charge >= 0.3 is 0 Å². The first-order chi connectivity index (χ1) is 14.4. The molecule has 162 valence electrons. The lowest BCUT2D eigenvalue weighted by atomic mass is 9.83. The molecule has 7 heteroatoms. The van der Waals surface area contributed by atoms with Gasteiger partial charge < -0.3 is 9.88 Å². The van der Waals surface area contributed by atoms with Crippen LogP contribution in [-0.4, -0.2) is 31.2 Å². The Morgan fingerprint density at radius 3 is 2.47 bits per heavy atom. The summed E-state index contributed by atoms with van der Waals surface area (Å²) in [5.74, 6) is 0.570. The van der Waals surface area contributed by atoms with E-state index in [1.807, 2.05) is 24.3 Å². The summed E-state index contributed by atoms with van der Waals surface area (Å²) in [7, 11) is -3.36. The monoisotopic (exact) mass is 429 g/mol. The average molecular weight is 430 g/mol. The summed E-state index contributed by atoms with van der Waals surface area (Å²) in [6.07, 6.45) is 12.9. The second-order valence-corrected chi connectivity index (χ2v) is 10.6. The van der Waals surface area contributed by atoms with Crippen molar-refractivity contribution in [1.29, 1.82) is 0 Å². The zero-order valence-electron chi connectivity index (χ0n) is 17.5. The van der Waals surface area contributed by atoms with Gasteiger partial charge in [0.05, 0.1) is 11.7 Å². The van der Waals surface area contributed by atoms with Crippen LogP contribution in [0.5, 0.6) is 0 Å². The molecule has 2 fully saturated rings. The van der Waals surface area contributed by atoms with Gasteiger partial charge in [0.1, 0.15) is 0 Å². The molecule has 2 saturated carbocycles. The van der Waals surface area contributed by atoms with Gasteiger partial charge in [-0.1, -0.05) is 31.4 Å². The summed E-state index contributed by atoms with van der Waals surface area (Å²) in [5, 5.41) is 3.40. The summed E-state index contributed by atoms with van der Waals surface area (Å²) in [4.78, 5) is 13.4. The number of anilines is 1. The first kappa shape index (κ1) is 21.0. The Hall–Kier alpha value is -2.28. The minimum absolute atomic E-state index is 0.0711. The Bertz CT molecular complexity index is 975. The first-order valence-electron chi connectivity index (χ1n) is 10.9. The Balaban J connectivity index is 1.52. The minimum atomic E-state index is -3.36. The van der Waals surface area contributed by atoms with E-state index in [1.165, 1.54) is 19.3 Å². The molecule has 2 N–H and O–H groups in total. The molecule has 0 bridgehead atoms. The molecule has 2 aliphatic carbocycles. The molecular weight excluding hydrogens is 398 g/mol. The maximum absolute atomic E-state index is 13.4. The summed E-state index contributed by atoms with van der Waals surface area (Å²) < 4.78 is 27.8. The fourth-order valence-electron chi connectivity index (χ4n) is 4.74. The lowest BCUT2D eigenvalue weighted by molar-refractivity contribution is -0.124. The van der Waals surface area contributed by atoms with Gasteiger partial charge in [0.25, 0.3) is 0 Å². The lowest BCUT2D eigenvalue weighted by Crippen LogP contribution is -2.47. The van der Waals surface area contributed by atoms with Crippen molar-refractivity contribution >= 4 is 21.6 Å². The number of carbonyl (C=O) groups is 1.